The number of nitrogens with one attached hydrogen (secondary N) is 1. The Bertz CT molecular complexity index is 425. The molecule has 0 aliphatic carbocycles. The number of aromatic nitrogens is 1. The van der Waals surface area contributed by atoms with Crippen LogP contribution in [0.1, 0.15) is 17.5 Å². The number of nitrogens with zero attached hydrogens (tertiary/aromatic N) is 1. The van der Waals surface area contributed by atoms with Gasteiger partial charge in [-0.1, -0.05) is 0 Å². The number of hydrogen-bond donors (Lipinski definition) is 2. The Kier molecular flexibility index (Phi) is 5.85. The maximum atomic E-state index is 11.7. The van der Waals surface area contributed by atoms with E-state index in [0.29, 0.717) is 0 Å². The van der Waals surface area contributed by atoms with Crippen molar-refractivity contribution in [3.05, 3.63) is 10.6 Å². The van der Waals surface area contributed by atoms with Crippen molar-refractivity contribution in [3.8, 4) is 0 Å². The van der Waals surface area contributed by atoms with E-state index in [1.54, 1.807) is 13.8 Å². The SMILES string of the molecule is Cc1nc(S(=O)(=O)N[C@@H](C)CN)sc1C.Cl. The van der Waals surface area contributed by atoms with Crippen LogP contribution >= 0.6 is 23.7 Å². The van der Waals surface area contributed by atoms with Gasteiger partial charge in [-0.25, -0.2) is 18.1 Å². The first-order chi connectivity index (χ1) is 6.86. The normalized spacial score (nSPS) is 13.2. The molecule has 3 N–H and O–H groups in total. The van der Waals surface area contributed by atoms with E-state index in [9.17, 15) is 8.42 Å². The van der Waals surface area contributed by atoms with E-state index in [4.69, 9.17) is 5.73 Å². The van der Waals surface area contributed by atoms with Crippen molar-refractivity contribution in [2.45, 2.75) is 31.2 Å². The fraction of sp³-hybridized carbons (Fsp3) is 0.625. The van der Waals surface area contributed by atoms with E-state index in [2.05, 4.69) is 9.71 Å². The molecule has 0 aliphatic heterocycles. The smallest absolute Gasteiger partial charge is 0.268 e. The summed E-state index contributed by atoms with van der Waals surface area (Å²) < 4.78 is 26.1. The van der Waals surface area contributed by atoms with Gasteiger partial charge in [0, 0.05) is 17.5 Å². The van der Waals surface area contributed by atoms with E-state index < -0.39 is 10.0 Å². The van der Waals surface area contributed by atoms with E-state index in [1.807, 2.05) is 6.92 Å². The fourth-order valence-electron chi connectivity index (χ4n) is 0.922. The highest BCUT2D eigenvalue weighted by Gasteiger charge is 2.21. The lowest BCUT2D eigenvalue weighted by molar-refractivity contribution is 0.561. The molecule has 1 aromatic heterocycles. The molecule has 1 aromatic rings. The van der Waals surface area contributed by atoms with Crippen LogP contribution in [0.25, 0.3) is 0 Å². The molecule has 1 rings (SSSR count). The van der Waals surface area contributed by atoms with Crippen molar-refractivity contribution in [1.82, 2.24) is 9.71 Å². The number of rotatable bonds is 4. The van der Waals surface area contributed by atoms with Gasteiger partial charge >= 0.3 is 0 Å². The van der Waals surface area contributed by atoms with Crippen LogP contribution in [0.2, 0.25) is 0 Å². The van der Waals surface area contributed by atoms with Crippen LogP contribution in [0, 0.1) is 13.8 Å². The van der Waals surface area contributed by atoms with Crippen molar-refractivity contribution in [3.63, 3.8) is 0 Å². The zero-order valence-corrected chi connectivity index (χ0v) is 11.8. The number of aryl methyl sites for hydroxylation is 2. The van der Waals surface area contributed by atoms with Crippen LogP contribution in [-0.2, 0) is 10.0 Å². The van der Waals surface area contributed by atoms with Gasteiger partial charge in [0.05, 0.1) is 5.69 Å². The zero-order valence-electron chi connectivity index (χ0n) is 9.35. The molecule has 94 valence electrons. The van der Waals surface area contributed by atoms with E-state index in [-0.39, 0.29) is 29.3 Å². The molecule has 5 nitrogen and oxygen atoms in total. The predicted octanol–water partition coefficient (Wildman–Crippen LogP) is 0.807. The Morgan fingerprint density at radius 3 is 2.44 bits per heavy atom. The van der Waals surface area contributed by atoms with E-state index in [1.165, 1.54) is 11.3 Å². The first-order valence-corrected chi connectivity index (χ1v) is 6.83. The minimum atomic E-state index is -3.50. The van der Waals surface area contributed by atoms with Gasteiger partial charge in [-0.3, -0.25) is 0 Å². The summed E-state index contributed by atoms with van der Waals surface area (Å²) in [6, 6.07) is -0.278. The number of sulfonamides is 1. The van der Waals surface area contributed by atoms with Crippen molar-refractivity contribution < 1.29 is 8.42 Å². The zero-order chi connectivity index (χ0) is 11.6. The summed E-state index contributed by atoms with van der Waals surface area (Å²) in [4.78, 5) is 4.91. The Morgan fingerprint density at radius 2 is 2.06 bits per heavy atom. The van der Waals surface area contributed by atoms with Crippen LogP contribution in [0.5, 0.6) is 0 Å². The standard InChI is InChI=1S/C8H15N3O2S2.ClH/c1-5(4-9)11-15(12,13)8-10-6(2)7(3)14-8;/h5,11H,4,9H2,1-3H3;1H/t5-;/m0./s1. The van der Waals surface area contributed by atoms with Gasteiger partial charge in [0.25, 0.3) is 10.0 Å². The van der Waals surface area contributed by atoms with Crippen molar-refractivity contribution >= 4 is 33.8 Å². The number of halogens is 1. The molecule has 1 heterocycles. The van der Waals surface area contributed by atoms with E-state index in [0.717, 1.165) is 10.6 Å². The maximum Gasteiger partial charge on any atom is 0.268 e. The van der Waals surface area contributed by atoms with Crippen molar-refractivity contribution in [2.24, 2.45) is 5.73 Å². The third-order valence-electron chi connectivity index (χ3n) is 1.95. The molecule has 0 amide bonds. The molecule has 16 heavy (non-hydrogen) atoms. The Labute approximate surface area is 106 Å². The molecule has 0 bridgehead atoms. The largest absolute Gasteiger partial charge is 0.329 e. The fourth-order valence-corrected chi connectivity index (χ4v) is 3.50. The average Bonchev–Trinajstić information content (AvgIpc) is 2.47. The molecule has 0 radical (unpaired) electrons. The summed E-state index contributed by atoms with van der Waals surface area (Å²) in [6.07, 6.45) is 0. The topological polar surface area (TPSA) is 85.1 Å². The van der Waals surface area contributed by atoms with Crippen molar-refractivity contribution in [1.29, 1.82) is 0 Å². The lowest BCUT2D eigenvalue weighted by atomic mass is 10.4. The van der Waals surface area contributed by atoms with Crippen LogP contribution in [-0.4, -0.2) is 26.0 Å². The van der Waals surface area contributed by atoms with Crippen LogP contribution in [0.3, 0.4) is 0 Å². The van der Waals surface area contributed by atoms with Crippen LogP contribution in [0.15, 0.2) is 4.34 Å². The second-order valence-electron chi connectivity index (χ2n) is 3.38. The summed E-state index contributed by atoms with van der Waals surface area (Å²) in [5.74, 6) is 0. The summed E-state index contributed by atoms with van der Waals surface area (Å²) >= 11 is 1.17. The molecule has 0 aliphatic rings. The predicted molar refractivity (Wildman–Crippen MR) is 67.7 cm³/mol. The molecule has 0 unspecified atom stereocenters. The quantitative estimate of drug-likeness (QED) is 0.857. The van der Waals surface area contributed by atoms with Gasteiger partial charge in [0.2, 0.25) is 4.34 Å². The van der Waals surface area contributed by atoms with Gasteiger partial charge < -0.3 is 5.73 Å². The minimum absolute atomic E-state index is 0. The number of nitrogens with two attached hydrogens (primary N) is 1. The summed E-state index contributed by atoms with van der Waals surface area (Å²) in [5.41, 5.74) is 6.10. The number of thiazole rings is 1. The maximum absolute atomic E-state index is 11.7. The van der Waals surface area contributed by atoms with Crippen LogP contribution < -0.4 is 10.5 Å². The van der Waals surface area contributed by atoms with Gasteiger partial charge in [0.1, 0.15) is 0 Å². The summed E-state index contributed by atoms with van der Waals surface area (Å²) in [6.45, 7) is 5.61. The molecule has 1 atom stereocenters. The first kappa shape index (κ1) is 15.8. The van der Waals surface area contributed by atoms with Gasteiger partial charge in [-0.15, -0.1) is 23.7 Å². The lowest BCUT2D eigenvalue weighted by Crippen LogP contribution is -2.37. The van der Waals surface area contributed by atoms with Gasteiger partial charge in [-0.05, 0) is 20.8 Å². The molecule has 0 saturated heterocycles. The first-order valence-electron chi connectivity index (χ1n) is 4.53. The minimum Gasteiger partial charge on any atom is -0.329 e. The van der Waals surface area contributed by atoms with Gasteiger partial charge in [-0.2, -0.15) is 0 Å². The van der Waals surface area contributed by atoms with Gasteiger partial charge in [0.15, 0.2) is 0 Å². The third-order valence-corrected chi connectivity index (χ3v) is 4.99. The Morgan fingerprint density at radius 1 is 1.50 bits per heavy atom. The molecule has 8 heteroatoms. The highest BCUT2D eigenvalue weighted by molar-refractivity contribution is 7.91. The Hall–Kier alpha value is -0.210. The van der Waals surface area contributed by atoms with E-state index >= 15 is 0 Å². The third kappa shape index (κ3) is 3.67. The molecule has 0 saturated carbocycles. The molecular weight excluding hydrogens is 270 g/mol. The molecule has 0 aromatic carbocycles. The number of hydrogen-bond acceptors (Lipinski definition) is 5. The highest BCUT2D eigenvalue weighted by atomic mass is 35.5. The highest BCUT2D eigenvalue weighted by Crippen LogP contribution is 2.20. The Balaban J connectivity index is 0.00000225. The summed E-state index contributed by atoms with van der Waals surface area (Å²) in [7, 11) is -3.50. The average molecular weight is 286 g/mol. The summed E-state index contributed by atoms with van der Waals surface area (Å²) in [5, 5.41) is 0. The van der Waals surface area contributed by atoms with Crippen LogP contribution in [0.4, 0.5) is 0 Å². The molecule has 0 spiro atoms. The second kappa shape index (κ2) is 5.92. The second-order valence-corrected chi connectivity index (χ2v) is 6.47. The lowest BCUT2D eigenvalue weighted by Gasteiger charge is -2.09. The molecular formula is C8H16ClN3O2S2. The van der Waals surface area contributed by atoms with Crippen molar-refractivity contribution in [2.75, 3.05) is 6.54 Å². The monoisotopic (exact) mass is 285 g/mol. The molecule has 0 fully saturated rings.